The number of likely N-dealkylation sites (tertiary alicyclic amines) is 1. The number of rotatable bonds is 3. The first-order chi connectivity index (χ1) is 11.3. The number of hydrogen-bond donors (Lipinski definition) is 1. The molecule has 0 spiro atoms. The Hall–Kier alpha value is -2.63. The lowest BCUT2D eigenvalue weighted by Gasteiger charge is -2.36. The highest BCUT2D eigenvalue weighted by Gasteiger charge is 2.38. The molecule has 0 atom stereocenters. The van der Waals surface area contributed by atoms with E-state index in [9.17, 15) is 4.79 Å². The Balaban J connectivity index is 1.29. The minimum Gasteiger partial charge on any atom is -0.351 e. The molecule has 0 radical (unpaired) electrons. The molecule has 1 aromatic carbocycles. The van der Waals surface area contributed by atoms with Crippen molar-refractivity contribution < 1.29 is 9.32 Å². The van der Waals surface area contributed by atoms with Gasteiger partial charge in [-0.05, 0) is 25.0 Å². The lowest BCUT2D eigenvalue weighted by Crippen LogP contribution is -2.48. The summed E-state index contributed by atoms with van der Waals surface area (Å²) in [6, 6.07) is 9.81. The molecule has 1 aliphatic carbocycles. The van der Waals surface area contributed by atoms with Crippen LogP contribution in [-0.2, 0) is 0 Å². The van der Waals surface area contributed by atoms with Gasteiger partial charge in [-0.3, -0.25) is 4.79 Å². The Labute approximate surface area is 132 Å². The monoisotopic (exact) mass is 308 g/mol. The van der Waals surface area contributed by atoms with Gasteiger partial charge in [-0.15, -0.1) is 0 Å². The number of nitrogens with zero attached hydrogens (tertiary/aromatic N) is 3. The van der Waals surface area contributed by atoms with Crippen LogP contribution in [0, 0.1) is 0 Å². The van der Waals surface area contributed by atoms with E-state index in [1.54, 1.807) is 0 Å². The fraction of sp³-hybridized carbons (Fsp3) is 0.353. The number of carbonyl (C=O) groups excluding carboxylic acids is 1. The molecule has 5 rings (SSSR count). The number of aromatic nitrogens is 3. The number of nitrogens with one attached hydrogen (secondary N) is 1. The molecule has 2 aliphatic rings. The number of fused-ring (bicyclic) bond motifs is 1. The molecule has 1 N–H and O–H groups in total. The number of benzene rings is 1. The quantitative estimate of drug-likeness (QED) is 0.807. The summed E-state index contributed by atoms with van der Waals surface area (Å²) in [5.74, 6) is 2.20. The van der Waals surface area contributed by atoms with Gasteiger partial charge in [0.05, 0.1) is 5.92 Å². The average molecular weight is 308 g/mol. The molecule has 3 aromatic rings. The number of aromatic amines is 1. The summed E-state index contributed by atoms with van der Waals surface area (Å²) in [4.78, 5) is 22.0. The summed E-state index contributed by atoms with van der Waals surface area (Å²) in [7, 11) is 0. The highest BCUT2D eigenvalue weighted by atomic mass is 16.5. The Morgan fingerprint density at radius 2 is 2.04 bits per heavy atom. The van der Waals surface area contributed by atoms with Crippen molar-refractivity contribution in [3.05, 3.63) is 47.7 Å². The van der Waals surface area contributed by atoms with Gasteiger partial charge in [0.15, 0.2) is 5.82 Å². The van der Waals surface area contributed by atoms with E-state index in [-0.39, 0.29) is 11.8 Å². The zero-order valence-electron chi connectivity index (χ0n) is 12.5. The van der Waals surface area contributed by atoms with Gasteiger partial charge in [0, 0.05) is 29.9 Å². The third-order valence-electron chi connectivity index (χ3n) is 4.68. The summed E-state index contributed by atoms with van der Waals surface area (Å²) in [5, 5.41) is 5.10. The molecule has 1 aliphatic heterocycles. The maximum atomic E-state index is 12.5. The predicted octanol–water partition coefficient (Wildman–Crippen LogP) is 2.67. The van der Waals surface area contributed by atoms with Crippen molar-refractivity contribution in [2.75, 3.05) is 13.1 Å². The molecule has 6 heteroatoms. The van der Waals surface area contributed by atoms with Crippen LogP contribution in [-0.4, -0.2) is 39.0 Å². The van der Waals surface area contributed by atoms with Gasteiger partial charge in [-0.2, -0.15) is 4.98 Å². The zero-order chi connectivity index (χ0) is 15.4. The van der Waals surface area contributed by atoms with Crippen LogP contribution >= 0.6 is 0 Å². The largest absolute Gasteiger partial charge is 0.351 e. The normalized spacial score (nSPS) is 18.3. The summed E-state index contributed by atoms with van der Waals surface area (Å²) < 4.78 is 5.34. The van der Waals surface area contributed by atoms with Gasteiger partial charge >= 0.3 is 0 Å². The van der Waals surface area contributed by atoms with E-state index in [2.05, 4.69) is 15.1 Å². The van der Waals surface area contributed by atoms with Crippen molar-refractivity contribution >= 4 is 16.8 Å². The van der Waals surface area contributed by atoms with Gasteiger partial charge in [-0.1, -0.05) is 23.4 Å². The van der Waals surface area contributed by atoms with Crippen LogP contribution in [0.5, 0.6) is 0 Å². The second-order valence-electron chi connectivity index (χ2n) is 6.44. The smallest absolute Gasteiger partial charge is 0.270 e. The van der Waals surface area contributed by atoms with Crippen LogP contribution < -0.4 is 0 Å². The maximum absolute atomic E-state index is 12.5. The molecule has 23 heavy (non-hydrogen) atoms. The number of carbonyl (C=O) groups is 1. The topological polar surface area (TPSA) is 75.0 Å². The summed E-state index contributed by atoms with van der Waals surface area (Å²) >= 11 is 0. The van der Waals surface area contributed by atoms with Crippen LogP contribution in [0.2, 0.25) is 0 Å². The van der Waals surface area contributed by atoms with Gasteiger partial charge in [0.1, 0.15) is 5.69 Å². The first-order valence-electron chi connectivity index (χ1n) is 7.98. The first-order valence-corrected chi connectivity index (χ1v) is 7.98. The van der Waals surface area contributed by atoms with Gasteiger partial charge in [-0.25, -0.2) is 0 Å². The Bertz CT molecular complexity index is 854. The van der Waals surface area contributed by atoms with Crippen LogP contribution in [0.25, 0.3) is 10.9 Å². The van der Waals surface area contributed by atoms with Crippen LogP contribution in [0.1, 0.15) is 46.9 Å². The van der Waals surface area contributed by atoms with E-state index in [1.165, 1.54) is 0 Å². The zero-order valence-corrected chi connectivity index (χ0v) is 12.5. The maximum Gasteiger partial charge on any atom is 0.270 e. The van der Waals surface area contributed by atoms with E-state index in [1.807, 2.05) is 35.2 Å². The van der Waals surface area contributed by atoms with Gasteiger partial charge in [0.2, 0.25) is 5.89 Å². The minimum absolute atomic E-state index is 0.0272. The third kappa shape index (κ3) is 2.13. The molecule has 2 aromatic heterocycles. The van der Waals surface area contributed by atoms with Crippen molar-refractivity contribution in [1.82, 2.24) is 20.0 Å². The van der Waals surface area contributed by atoms with Gasteiger partial charge < -0.3 is 14.4 Å². The highest BCUT2D eigenvalue weighted by Crippen LogP contribution is 2.39. The summed E-state index contributed by atoms with van der Waals surface area (Å²) in [5.41, 5.74) is 1.62. The molecule has 6 nitrogen and oxygen atoms in total. The third-order valence-corrected chi connectivity index (χ3v) is 4.68. The molecule has 1 saturated carbocycles. The lowest BCUT2D eigenvalue weighted by molar-refractivity contribution is 0.0564. The Morgan fingerprint density at radius 3 is 2.83 bits per heavy atom. The molecular weight excluding hydrogens is 292 g/mol. The standard InChI is InChI=1S/C17H16N4O2/c22-17(14-7-11-3-1-2-4-13(11)18-14)21-8-12(9-21)16-19-15(20-23-16)10-5-6-10/h1-4,7,10,12,18H,5-6,8-9H2. The molecule has 2 fully saturated rings. The number of hydrogen-bond acceptors (Lipinski definition) is 4. The first kappa shape index (κ1) is 12.9. The van der Waals surface area contributed by atoms with Crippen molar-refractivity contribution in [3.63, 3.8) is 0 Å². The van der Waals surface area contributed by atoms with E-state index >= 15 is 0 Å². The SMILES string of the molecule is O=C(c1cc2ccccc2[nH]1)N1CC(c2nc(C3CC3)no2)C1. The molecule has 1 saturated heterocycles. The van der Waals surface area contributed by atoms with Crippen molar-refractivity contribution in [2.45, 2.75) is 24.7 Å². The average Bonchev–Trinajstić information content (AvgIpc) is 3.10. The van der Waals surface area contributed by atoms with Crippen molar-refractivity contribution in [2.24, 2.45) is 0 Å². The van der Waals surface area contributed by atoms with Crippen molar-refractivity contribution in [1.29, 1.82) is 0 Å². The second kappa shape index (κ2) is 4.68. The minimum atomic E-state index is 0.0272. The van der Waals surface area contributed by atoms with Crippen LogP contribution in [0.15, 0.2) is 34.9 Å². The van der Waals surface area contributed by atoms with E-state index in [0.717, 1.165) is 29.6 Å². The summed E-state index contributed by atoms with van der Waals surface area (Å²) in [6.45, 7) is 1.28. The van der Waals surface area contributed by atoms with Crippen LogP contribution in [0.3, 0.4) is 0 Å². The Morgan fingerprint density at radius 1 is 1.22 bits per heavy atom. The van der Waals surface area contributed by atoms with E-state index < -0.39 is 0 Å². The predicted molar refractivity (Wildman–Crippen MR) is 83.2 cm³/mol. The summed E-state index contributed by atoms with van der Waals surface area (Å²) in [6.07, 6.45) is 2.32. The number of para-hydroxylation sites is 1. The lowest BCUT2D eigenvalue weighted by atomic mass is 9.99. The van der Waals surface area contributed by atoms with E-state index in [0.29, 0.717) is 30.6 Å². The molecule has 0 bridgehead atoms. The molecular formula is C17H16N4O2. The fourth-order valence-corrected chi connectivity index (χ4v) is 3.08. The second-order valence-corrected chi connectivity index (χ2v) is 6.44. The number of H-pyrrole nitrogens is 1. The van der Waals surface area contributed by atoms with E-state index in [4.69, 9.17) is 4.52 Å². The highest BCUT2D eigenvalue weighted by molar-refractivity contribution is 5.98. The molecule has 116 valence electrons. The number of amides is 1. The molecule has 1 amide bonds. The fourth-order valence-electron chi connectivity index (χ4n) is 3.08. The van der Waals surface area contributed by atoms with Crippen LogP contribution in [0.4, 0.5) is 0 Å². The van der Waals surface area contributed by atoms with Crippen molar-refractivity contribution in [3.8, 4) is 0 Å². The Kier molecular flexibility index (Phi) is 2.62. The molecule has 0 unspecified atom stereocenters. The van der Waals surface area contributed by atoms with Gasteiger partial charge in [0.25, 0.3) is 5.91 Å². The molecule has 3 heterocycles.